The van der Waals surface area contributed by atoms with Crippen molar-refractivity contribution in [2.45, 2.75) is 39.3 Å². The number of nitrogens with one attached hydrogen (secondary N) is 1. The van der Waals surface area contributed by atoms with E-state index in [9.17, 15) is 14.7 Å². The van der Waals surface area contributed by atoms with Crippen LogP contribution in [-0.4, -0.2) is 28.2 Å². The van der Waals surface area contributed by atoms with Gasteiger partial charge in [-0.05, 0) is 12.0 Å². The van der Waals surface area contributed by atoms with Gasteiger partial charge in [0.2, 0.25) is 5.91 Å². The molecule has 2 unspecified atom stereocenters. The fourth-order valence-electron chi connectivity index (χ4n) is 1.65. The van der Waals surface area contributed by atoms with Crippen LogP contribution in [0.15, 0.2) is 29.2 Å². The molecule has 0 bridgehead atoms. The third kappa shape index (κ3) is 5.26. The molecule has 0 aliphatic carbocycles. The molecule has 5 nitrogen and oxygen atoms in total. The standard InChI is InChI=1S/C14H22N2O3/c1-3-11(2)12(17)10-15-13(18)7-9-16-8-5-4-6-14(16)19/h4-6,8,11-12,17H,3,7,9-10H2,1-2H3,(H,15,18). The highest BCUT2D eigenvalue weighted by Crippen LogP contribution is 2.05. The maximum absolute atomic E-state index is 11.6. The van der Waals surface area contributed by atoms with Crippen LogP contribution in [0.3, 0.4) is 0 Å². The molecule has 1 rings (SSSR count). The average Bonchev–Trinajstić information content (AvgIpc) is 2.42. The summed E-state index contributed by atoms with van der Waals surface area (Å²) in [6.45, 7) is 4.56. The van der Waals surface area contributed by atoms with Crippen molar-refractivity contribution in [3.63, 3.8) is 0 Å². The summed E-state index contributed by atoms with van der Waals surface area (Å²) in [6.07, 6.45) is 2.24. The number of aliphatic hydroxyl groups is 1. The number of aryl methyl sites for hydroxylation is 1. The third-order valence-corrected chi connectivity index (χ3v) is 3.29. The summed E-state index contributed by atoms with van der Waals surface area (Å²) in [5.74, 6) is 0.00940. The molecule has 0 spiro atoms. The average molecular weight is 266 g/mol. The van der Waals surface area contributed by atoms with Crippen molar-refractivity contribution in [3.05, 3.63) is 34.7 Å². The van der Waals surface area contributed by atoms with Gasteiger partial charge in [0.05, 0.1) is 6.10 Å². The van der Waals surface area contributed by atoms with Crippen molar-refractivity contribution in [3.8, 4) is 0 Å². The van der Waals surface area contributed by atoms with Crippen LogP contribution >= 0.6 is 0 Å². The van der Waals surface area contributed by atoms with Crippen LogP contribution in [0.25, 0.3) is 0 Å². The molecule has 1 heterocycles. The molecule has 1 aromatic rings. The van der Waals surface area contributed by atoms with Crippen LogP contribution in [-0.2, 0) is 11.3 Å². The number of rotatable bonds is 7. The molecule has 0 saturated heterocycles. The minimum absolute atomic E-state index is 0.116. The van der Waals surface area contributed by atoms with Crippen molar-refractivity contribution >= 4 is 5.91 Å². The molecule has 2 N–H and O–H groups in total. The first kappa shape index (κ1) is 15.4. The number of hydrogen-bond acceptors (Lipinski definition) is 3. The molecule has 19 heavy (non-hydrogen) atoms. The normalized spacial score (nSPS) is 13.8. The summed E-state index contributed by atoms with van der Waals surface area (Å²) >= 11 is 0. The summed E-state index contributed by atoms with van der Waals surface area (Å²) in [7, 11) is 0. The van der Waals surface area contributed by atoms with Gasteiger partial charge in [0.15, 0.2) is 0 Å². The minimum Gasteiger partial charge on any atom is -0.391 e. The Morgan fingerprint density at radius 2 is 2.21 bits per heavy atom. The molecule has 0 radical (unpaired) electrons. The van der Waals surface area contributed by atoms with E-state index in [4.69, 9.17) is 0 Å². The number of nitrogens with zero attached hydrogens (tertiary/aromatic N) is 1. The second-order valence-electron chi connectivity index (χ2n) is 4.74. The number of aromatic nitrogens is 1. The van der Waals surface area contributed by atoms with E-state index in [1.165, 1.54) is 10.6 Å². The zero-order chi connectivity index (χ0) is 14.3. The van der Waals surface area contributed by atoms with Crippen LogP contribution in [0, 0.1) is 5.92 Å². The molecule has 0 saturated carbocycles. The second kappa shape index (κ2) is 7.74. The lowest BCUT2D eigenvalue weighted by Crippen LogP contribution is -2.36. The number of amides is 1. The fraction of sp³-hybridized carbons (Fsp3) is 0.571. The predicted molar refractivity (Wildman–Crippen MR) is 73.8 cm³/mol. The molecule has 5 heteroatoms. The molecule has 0 fully saturated rings. The number of hydrogen-bond donors (Lipinski definition) is 2. The van der Waals surface area contributed by atoms with Crippen molar-refractivity contribution in [2.24, 2.45) is 5.92 Å². The first-order valence-corrected chi connectivity index (χ1v) is 6.64. The summed E-state index contributed by atoms with van der Waals surface area (Å²) in [4.78, 5) is 23.0. The summed E-state index contributed by atoms with van der Waals surface area (Å²) < 4.78 is 1.49. The van der Waals surface area contributed by atoms with Gasteiger partial charge in [0, 0.05) is 31.8 Å². The first-order chi connectivity index (χ1) is 9.04. The SMILES string of the molecule is CCC(C)C(O)CNC(=O)CCn1ccccc1=O. The molecule has 2 atom stereocenters. The lowest BCUT2D eigenvalue weighted by atomic mass is 10.0. The lowest BCUT2D eigenvalue weighted by Gasteiger charge is -2.17. The van der Waals surface area contributed by atoms with Gasteiger partial charge in [-0.25, -0.2) is 0 Å². The highest BCUT2D eigenvalue weighted by molar-refractivity contribution is 5.75. The van der Waals surface area contributed by atoms with Gasteiger partial charge >= 0.3 is 0 Å². The Bertz CT molecular complexity index is 456. The summed E-state index contributed by atoms with van der Waals surface area (Å²) in [5.41, 5.74) is -0.116. The number of aliphatic hydroxyl groups excluding tert-OH is 1. The van der Waals surface area contributed by atoms with E-state index in [2.05, 4.69) is 5.32 Å². The smallest absolute Gasteiger partial charge is 0.250 e. The molecular formula is C14H22N2O3. The van der Waals surface area contributed by atoms with E-state index >= 15 is 0 Å². The van der Waals surface area contributed by atoms with Crippen molar-refractivity contribution in [1.29, 1.82) is 0 Å². The van der Waals surface area contributed by atoms with Crippen LogP contribution in [0.4, 0.5) is 0 Å². The lowest BCUT2D eigenvalue weighted by molar-refractivity contribution is -0.121. The largest absolute Gasteiger partial charge is 0.391 e. The van der Waals surface area contributed by atoms with Gasteiger partial charge < -0.3 is 15.0 Å². The van der Waals surface area contributed by atoms with Crippen LogP contribution < -0.4 is 10.9 Å². The van der Waals surface area contributed by atoms with E-state index < -0.39 is 6.10 Å². The number of carbonyl (C=O) groups excluding carboxylic acids is 1. The Hall–Kier alpha value is -1.62. The van der Waals surface area contributed by atoms with Gasteiger partial charge in [-0.2, -0.15) is 0 Å². The summed E-state index contributed by atoms with van der Waals surface area (Å²) in [6, 6.07) is 4.89. The molecule has 106 valence electrons. The topological polar surface area (TPSA) is 71.3 Å². The number of carbonyl (C=O) groups is 1. The fourth-order valence-corrected chi connectivity index (χ4v) is 1.65. The van der Waals surface area contributed by atoms with E-state index in [0.717, 1.165) is 6.42 Å². The minimum atomic E-state index is -0.520. The quantitative estimate of drug-likeness (QED) is 0.765. The molecular weight excluding hydrogens is 244 g/mol. The zero-order valence-electron chi connectivity index (χ0n) is 11.5. The van der Waals surface area contributed by atoms with E-state index in [0.29, 0.717) is 6.54 Å². The van der Waals surface area contributed by atoms with E-state index in [-0.39, 0.29) is 30.3 Å². The predicted octanol–water partition coefficient (Wildman–Crippen LogP) is 0.762. The highest BCUT2D eigenvalue weighted by atomic mass is 16.3. The zero-order valence-corrected chi connectivity index (χ0v) is 11.5. The molecule has 1 aromatic heterocycles. The second-order valence-corrected chi connectivity index (χ2v) is 4.74. The Balaban J connectivity index is 2.33. The third-order valence-electron chi connectivity index (χ3n) is 3.29. The van der Waals surface area contributed by atoms with Crippen LogP contribution in [0.2, 0.25) is 0 Å². The maximum Gasteiger partial charge on any atom is 0.250 e. The van der Waals surface area contributed by atoms with Gasteiger partial charge in [0.25, 0.3) is 5.56 Å². The molecule has 0 aliphatic rings. The Morgan fingerprint density at radius 3 is 2.84 bits per heavy atom. The summed E-state index contributed by atoms with van der Waals surface area (Å²) in [5, 5.41) is 12.4. The van der Waals surface area contributed by atoms with Gasteiger partial charge in [-0.3, -0.25) is 9.59 Å². The van der Waals surface area contributed by atoms with Crippen molar-refractivity contribution < 1.29 is 9.90 Å². The van der Waals surface area contributed by atoms with Crippen LogP contribution in [0.5, 0.6) is 0 Å². The molecule has 0 aromatic carbocycles. The van der Waals surface area contributed by atoms with E-state index in [1.807, 2.05) is 13.8 Å². The van der Waals surface area contributed by atoms with Gasteiger partial charge in [-0.15, -0.1) is 0 Å². The van der Waals surface area contributed by atoms with Gasteiger partial charge in [-0.1, -0.05) is 26.3 Å². The van der Waals surface area contributed by atoms with E-state index in [1.54, 1.807) is 18.3 Å². The highest BCUT2D eigenvalue weighted by Gasteiger charge is 2.13. The van der Waals surface area contributed by atoms with Crippen LogP contribution in [0.1, 0.15) is 26.7 Å². The maximum atomic E-state index is 11.6. The first-order valence-electron chi connectivity index (χ1n) is 6.64. The van der Waals surface area contributed by atoms with Gasteiger partial charge in [0.1, 0.15) is 0 Å². The number of pyridine rings is 1. The van der Waals surface area contributed by atoms with Crippen molar-refractivity contribution in [2.75, 3.05) is 6.54 Å². The molecule has 0 aliphatic heterocycles. The Morgan fingerprint density at radius 1 is 1.47 bits per heavy atom. The Kier molecular flexibility index (Phi) is 6.29. The monoisotopic (exact) mass is 266 g/mol. The van der Waals surface area contributed by atoms with Crippen molar-refractivity contribution in [1.82, 2.24) is 9.88 Å². The molecule has 1 amide bonds. The Labute approximate surface area is 113 Å².